The van der Waals surface area contributed by atoms with Crippen molar-refractivity contribution in [1.82, 2.24) is 14.9 Å². The van der Waals surface area contributed by atoms with Crippen molar-refractivity contribution in [1.29, 1.82) is 0 Å². The monoisotopic (exact) mass is 378 g/mol. The molecule has 2 N–H and O–H groups in total. The number of benzene rings is 2. The molecule has 146 valence electrons. The molecule has 6 heteroatoms. The van der Waals surface area contributed by atoms with Crippen molar-refractivity contribution in [2.45, 2.75) is 19.4 Å². The van der Waals surface area contributed by atoms with Crippen LogP contribution in [-0.4, -0.2) is 35.7 Å². The van der Waals surface area contributed by atoms with E-state index in [2.05, 4.69) is 21.7 Å². The Morgan fingerprint density at radius 2 is 2.00 bits per heavy atom. The van der Waals surface area contributed by atoms with E-state index in [4.69, 9.17) is 4.74 Å². The van der Waals surface area contributed by atoms with Gasteiger partial charge in [0.25, 0.3) is 5.91 Å². The number of ether oxygens (including phenoxy) is 1. The SMILES string of the molecule is COc1cccc(CCCNC(=O)c2ccc(NCCn3ccnc3)cc2)c1. The van der Waals surface area contributed by atoms with E-state index in [9.17, 15) is 4.79 Å². The van der Waals surface area contributed by atoms with Gasteiger partial charge in [-0.05, 0) is 54.8 Å². The van der Waals surface area contributed by atoms with Crippen LogP contribution in [0.4, 0.5) is 5.69 Å². The summed E-state index contributed by atoms with van der Waals surface area (Å²) in [6.07, 6.45) is 7.28. The number of rotatable bonds is 10. The van der Waals surface area contributed by atoms with Gasteiger partial charge in [-0.2, -0.15) is 0 Å². The highest BCUT2D eigenvalue weighted by molar-refractivity contribution is 5.94. The highest BCUT2D eigenvalue weighted by atomic mass is 16.5. The highest BCUT2D eigenvalue weighted by Gasteiger charge is 2.05. The molecule has 0 saturated carbocycles. The maximum absolute atomic E-state index is 12.3. The average molecular weight is 378 g/mol. The zero-order chi connectivity index (χ0) is 19.6. The first-order valence-corrected chi connectivity index (χ1v) is 9.45. The Kier molecular flexibility index (Phi) is 7.07. The zero-order valence-corrected chi connectivity index (χ0v) is 16.1. The fourth-order valence-electron chi connectivity index (χ4n) is 2.91. The number of hydrogen-bond donors (Lipinski definition) is 2. The van der Waals surface area contributed by atoms with Crippen molar-refractivity contribution in [2.75, 3.05) is 25.5 Å². The van der Waals surface area contributed by atoms with Gasteiger partial charge >= 0.3 is 0 Å². The van der Waals surface area contributed by atoms with Crippen LogP contribution in [0, 0.1) is 0 Å². The maximum Gasteiger partial charge on any atom is 0.251 e. The second kappa shape index (κ2) is 10.2. The van der Waals surface area contributed by atoms with Crippen molar-refractivity contribution in [3.05, 3.63) is 78.4 Å². The Hall–Kier alpha value is -3.28. The lowest BCUT2D eigenvalue weighted by molar-refractivity contribution is 0.0953. The normalized spacial score (nSPS) is 10.5. The van der Waals surface area contributed by atoms with Crippen LogP contribution in [0.2, 0.25) is 0 Å². The summed E-state index contributed by atoms with van der Waals surface area (Å²) in [5, 5.41) is 6.32. The van der Waals surface area contributed by atoms with Gasteiger partial charge in [0, 0.05) is 43.3 Å². The molecule has 0 bridgehead atoms. The third-order valence-corrected chi connectivity index (χ3v) is 4.47. The Bertz CT molecular complexity index is 861. The van der Waals surface area contributed by atoms with Crippen molar-refractivity contribution < 1.29 is 9.53 Å². The molecule has 0 aliphatic carbocycles. The molecule has 3 aromatic rings. The van der Waals surface area contributed by atoms with Gasteiger partial charge in [0.1, 0.15) is 5.75 Å². The van der Waals surface area contributed by atoms with Crippen LogP contribution in [0.3, 0.4) is 0 Å². The first kappa shape index (κ1) is 19.5. The third-order valence-electron chi connectivity index (χ3n) is 4.47. The summed E-state index contributed by atoms with van der Waals surface area (Å²) in [7, 11) is 1.67. The summed E-state index contributed by atoms with van der Waals surface area (Å²) in [6, 6.07) is 15.6. The summed E-state index contributed by atoms with van der Waals surface area (Å²) in [4.78, 5) is 16.3. The first-order chi connectivity index (χ1) is 13.7. The molecule has 6 nitrogen and oxygen atoms in total. The smallest absolute Gasteiger partial charge is 0.251 e. The standard InChI is InChI=1S/C22H26N4O2/c1-28-21-6-2-4-18(16-21)5-3-11-25-22(27)19-7-9-20(10-8-19)24-13-15-26-14-12-23-17-26/h2,4,6-10,12,14,16-17,24H,3,5,11,13,15H2,1H3,(H,25,27). The number of carbonyl (C=O) groups is 1. The van der Waals surface area contributed by atoms with Crippen LogP contribution in [-0.2, 0) is 13.0 Å². The van der Waals surface area contributed by atoms with Crippen LogP contribution in [0.15, 0.2) is 67.3 Å². The number of carbonyl (C=O) groups excluding carboxylic acids is 1. The Balaban J connectivity index is 1.38. The summed E-state index contributed by atoms with van der Waals surface area (Å²) < 4.78 is 7.25. The molecule has 0 aliphatic rings. The lowest BCUT2D eigenvalue weighted by Crippen LogP contribution is -2.24. The molecule has 0 fully saturated rings. The van der Waals surface area contributed by atoms with Gasteiger partial charge in [-0.3, -0.25) is 4.79 Å². The maximum atomic E-state index is 12.3. The van der Waals surface area contributed by atoms with E-state index in [-0.39, 0.29) is 5.91 Å². The lowest BCUT2D eigenvalue weighted by Gasteiger charge is -2.09. The topological polar surface area (TPSA) is 68.2 Å². The predicted octanol–water partition coefficient (Wildman–Crippen LogP) is 3.37. The second-order valence-corrected chi connectivity index (χ2v) is 6.52. The van der Waals surface area contributed by atoms with Gasteiger partial charge in [-0.15, -0.1) is 0 Å². The third kappa shape index (κ3) is 5.87. The number of imidazole rings is 1. The number of amides is 1. The van der Waals surface area contributed by atoms with Crippen molar-refractivity contribution >= 4 is 11.6 Å². The van der Waals surface area contributed by atoms with Crippen LogP contribution in [0.25, 0.3) is 0 Å². The van der Waals surface area contributed by atoms with Crippen molar-refractivity contribution in [3.63, 3.8) is 0 Å². The molecule has 1 heterocycles. The molecule has 0 saturated heterocycles. The largest absolute Gasteiger partial charge is 0.497 e. The molecule has 3 rings (SSSR count). The fourth-order valence-corrected chi connectivity index (χ4v) is 2.91. The average Bonchev–Trinajstić information content (AvgIpc) is 3.25. The number of aryl methyl sites for hydroxylation is 1. The van der Waals surface area contributed by atoms with E-state index in [1.54, 1.807) is 19.6 Å². The van der Waals surface area contributed by atoms with Crippen LogP contribution >= 0.6 is 0 Å². The molecule has 0 radical (unpaired) electrons. The van der Waals surface area contributed by atoms with Gasteiger partial charge in [0.15, 0.2) is 0 Å². The van der Waals surface area contributed by atoms with Gasteiger partial charge in [0.05, 0.1) is 13.4 Å². The van der Waals surface area contributed by atoms with E-state index in [0.717, 1.165) is 37.4 Å². The molecule has 0 aliphatic heterocycles. The molecule has 28 heavy (non-hydrogen) atoms. The van der Waals surface area contributed by atoms with Gasteiger partial charge in [0.2, 0.25) is 0 Å². The molecule has 0 atom stereocenters. The van der Waals surface area contributed by atoms with E-state index in [1.807, 2.05) is 53.2 Å². The molecule has 1 amide bonds. The molecule has 2 aromatic carbocycles. The number of methoxy groups -OCH3 is 1. The summed E-state index contributed by atoms with van der Waals surface area (Å²) in [6.45, 7) is 2.28. The van der Waals surface area contributed by atoms with Crippen molar-refractivity contribution in [2.24, 2.45) is 0 Å². The highest BCUT2D eigenvalue weighted by Crippen LogP contribution is 2.14. The minimum atomic E-state index is -0.0457. The van der Waals surface area contributed by atoms with E-state index >= 15 is 0 Å². The van der Waals surface area contributed by atoms with E-state index < -0.39 is 0 Å². The van der Waals surface area contributed by atoms with Gasteiger partial charge in [-0.25, -0.2) is 4.98 Å². The Morgan fingerprint density at radius 3 is 2.75 bits per heavy atom. The van der Waals surface area contributed by atoms with Crippen LogP contribution < -0.4 is 15.4 Å². The lowest BCUT2D eigenvalue weighted by atomic mass is 10.1. The van der Waals surface area contributed by atoms with Gasteiger partial charge < -0.3 is 19.9 Å². The number of anilines is 1. The van der Waals surface area contributed by atoms with Crippen molar-refractivity contribution in [3.8, 4) is 5.75 Å². The predicted molar refractivity (Wildman–Crippen MR) is 111 cm³/mol. The minimum absolute atomic E-state index is 0.0457. The summed E-state index contributed by atoms with van der Waals surface area (Å²) >= 11 is 0. The summed E-state index contributed by atoms with van der Waals surface area (Å²) in [5.74, 6) is 0.816. The molecular weight excluding hydrogens is 352 g/mol. The summed E-state index contributed by atoms with van der Waals surface area (Å²) in [5.41, 5.74) is 2.87. The fraction of sp³-hybridized carbons (Fsp3) is 0.273. The second-order valence-electron chi connectivity index (χ2n) is 6.52. The molecule has 0 unspecified atom stereocenters. The van der Waals surface area contributed by atoms with E-state index in [1.165, 1.54) is 5.56 Å². The van der Waals surface area contributed by atoms with Crippen LogP contribution in [0.5, 0.6) is 5.75 Å². The Morgan fingerprint density at radius 1 is 1.14 bits per heavy atom. The number of nitrogens with zero attached hydrogens (tertiary/aromatic N) is 2. The number of hydrogen-bond acceptors (Lipinski definition) is 4. The van der Waals surface area contributed by atoms with Gasteiger partial charge in [-0.1, -0.05) is 12.1 Å². The molecule has 0 spiro atoms. The minimum Gasteiger partial charge on any atom is -0.497 e. The van der Waals surface area contributed by atoms with E-state index in [0.29, 0.717) is 12.1 Å². The molecular formula is C22H26N4O2. The number of nitrogens with one attached hydrogen (secondary N) is 2. The number of aromatic nitrogens is 2. The molecule has 1 aromatic heterocycles. The first-order valence-electron chi connectivity index (χ1n) is 9.45. The Labute approximate surface area is 165 Å². The quantitative estimate of drug-likeness (QED) is 0.531. The van der Waals surface area contributed by atoms with Crippen LogP contribution in [0.1, 0.15) is 22.3 Å². The zero-order valence-electron chi connectivity index (χ0n) is 16.1.